The average Bonchev–Trinajstić information content (AvgIpc) is 2.20. The van der Waals surface area contributed by atoms with Gasteiger partial charge >= 0.3 is 0 Å². The van der Waals surface area contributed by atoms with Crippen molar-refractivity contribution in [1.29, 1.82) is 10.5 Å². The zero-order valence-corrected chi connectivity index (χ0v) is 7.18. The third-order valence-corrected chi connectivity index (χ3v) is 1.82. The molecule has 4 heteroatoms. The standard InChI is InChI=1S/C10H7FN2O/c11-9-4-2-1-3-8(9)10(14)7(5-12)6-13/h1-4,7,10,14H. The largest absolute Gasteiger partial charge is 0.386 e. The maximum atomic E-state index is 13.1. The summed E-state index contributed by atoms with van der Waals surface area (Å²) >= 11 is 0. The molecule has 1 unspecified atom stereocenters. The quantitative estimate of drug-likeness (QED) is 0.768. The Kier molecular flexibility index (Phi) is 3.17. The van der Waals surface area contributed by atoms with E-state index in [1.165, 1.54) is 24.3 Å². The second-order valence-corrected chi connectivity index (χ2v) is 2.70. The van der Waals surface area contributed by atoms with E-state index in [-0.39, 0.29) is 5.56 Å². The zero-order chi connectivity index (χ0) is 10.6. The van der Waals surface area contributed by atoms with Crippen LogP contribution >= 0.6 is 0 Å². The first-order chi connectivity index (χ1) is 6.70. The number of hydrogen-bond donors (Lipinski definition) is 1. The van der Waals surface area contributed by atoms with Crippen molar-refractivity contribution < 1.29 is 9.50 Å². The summed E-state index contributed by atoms with van der Waals surface area (Å²) in [4.78, 5) is 0. The third kappa shape index (κ3) is 1.87. The van der Waals surface area contributed by atoms with Crippen molar-refractivity contribution in [3.8, 4) is 12.1 Å². The molecule has 0 heterocycles. The first kappa shape index (κ1) is 10.2. The molecule has 0 saturated heterocycles. The van der Waals surface area contributed by atoms with E-state index < -0.39 is 17.8 Å². The van der Waals surface area contributed by atoms with E-state index in [0.717, 1.165) is 0 Å². The number of rotatable bonds is 2. The number of nitrogens with zero attached hydrogens (tertiary/aromatic N) is 2. The molecule has 0 bridgehead atoms. The van der Waals surface area contributed by atoms with E-state index in [2.05, 4.69) is 0 Å². The normalized spacial score (nSPS) is 11.8. The molecule has 14 heavy (non-hydrogen) atoms. The van der Waals surface area contributed by atoms with Gasteiger partial charge in [-0.2, -0.15) is 10.5 Å². The molecule has 0 aliphatic heterocycles. The van der Waals surface area contributed by atoms with Gasteiger partial charge in [0.05, 0.1) is 12.1 Å². The fraction of sp³-hybridized carbons (Fsp3) is 0.200. The molecule has 0 aromatic heterocycles. The Bertz CT molecular complexity index is 391. The maximum absolute atomic E-state index is 13.1. The molecular weight excluding hydrogens is 183 g/mol. The second kappa shape index (κ2) is 4.36. The minimum Gasteiger partial charge on any atom is -0.386 e. The summed E-state index contributed by atoms with van der Waals surface area (Å²) in [5.41, 5.74) is -0.0272. The molecule has 1 aromatic carbocycles. The van der Waals surface area contributed by atoms with Gasteiger partial charge in [0, 0.05) is 5.56 Å². The summed E-state index contributed by atoms with van der Waals surface area (Å²) in [6.45, 7) is 0. The fourth-order valence-corrected chi connectivity index (χ4v) is 1.06. The summed E-state index contributed by atoms with van der Waals surface area (Å²) in [7, 11) is 0. The number of hydrogen-bond acceptors (Lipinski definition) is 3. The maximum Gasteiger partial charge on any atom is 0.163 e. The first-order valence-corrected chi connectivity index (χ1v) is 3.92. The van der Waals surface area contributed by atoms with Crippen LogP contribution in [0.3, 0.4) is 0 Å². The molecule has 0 saturated carbocycles. The molecule has 0 aliphatic rings. The van der Waals surface area contributed by atoms with Gasteiger partial charge in [-0.05, 0) is 6.07 Å². The van der Waals surface area contributed by atoms with Gasteiger partial charge in [0.25, 0.3) is 0 Å². The lowest BCUT2D eigenvalue weighted by atomic mass is 9.98. The molecule has 0 spiro atoms. The predicted octanol–water partition coefficient (Wildman–Crippen LogP) is 1.52. The number of aliphatic hydroxyl groups is 1. The summed E-state index contributed by atoms with van der Waals surface area (Å²) in [5.74, 6) is -1.86. The average molecular weight is 190 g/mol. The highest BCUT2D eigenvalue weighted by Gasteiger charge is 2.22. The smallest absolute Gasteiger partial charge is 0.163 e. The molecule has 0 aliphatic carbocycles. The summed E-state index contributed by atoms with van der Waals surface area (Å²) in [6.07, 6.45) is -1.40. The Hall–Kier alpha value is -1.91. The fourth-order valence-electron chi connectivity index (χ4n) is 1.06. The molecule has 1 aromatic rings. The first-order valence-electron chi connectivity index (χ1n) is 3.92. The van der Waals surface area contributed by atoms with E-state index in [1.807, 2.05) is 0 Å². The Morgan fingerprint density at radius 2 is 1.79 bits per heavy atom. The molecule has 0 radical (unpaired) electrons. The molecule has 0 amide bonds. The van der Waals surface area contributed by atoms with Crippen LogP contribution in [0, 0.1) is 34.4 Å². The number of benzene rings is 1. The van der Waals surface area contributed by atoms with E-state index in [4.69, 9.17) is 10.5 Å². The van der Waals surface area contributed by atoms with Crippen molar-refractivity contribution in [2.75, 3.05) is 0 Å². The lowest BCUT2D eigenvalue weighted by Gasteiger charge is -2.11. The highest BCUT2D eigenvalue weighted by atomic mass is 19.1. The van der Waals surface area contributed by atoms with Crippen LogP contribution in [0.4, 0.5) is 4.39 Å². The van der Waals surface area contributed by atoms with Gasteiger partial charge in [0.1, 0.15) is 11.9 Å². The van der Waals surface area contributed by atoms with Crippen LogP contribution in [0.15, 0.2) is 24.3 Å². The van der Waals surface area contributed by atoms with E-state index in [0.29, 0.717) is 0 Å². The minimum atomic E-state index is -1.40. The van der Waals surface area contributed by atoms with Gasteiger partial charge in [-0.1, -0.05) is 18.2 Å². The highest BCUT2D eigenvalue weighted by Crippen LogP contribution is 2.23. The molecule has 1 N–H and O–H groups in total. The molecule has 1 rings (SSSR count). The molecule has 70 valence electrons. The van der Waals surface area contributed by atoms with Crippen molar-refractivity contribution in [3.63, 3.8) is 0 Å². The topological polar surface area (TPSA) is 67.8 Å². The van der Waals surface area contributed by atoms with Crippen molar-refractivity contribution in [2.45, 2.75) is 6.10 Å². The Balaban J connectivity index is 3.02. The van der Waals surface area contributed by atoms with E-state index >= 15 is 0 Å². The second-order valence-electron chi connectivity index (χ2n) is 2.70. The number of halogens is 1. The van der Waals surface area contributed by atoms with Crippen LogP contribution in [0.25, 0.3) is 0 Å². The summed E-state index contributed by atoms with van der Waals surface area (Å²) in [5, 5.41) is 26.5. The van der Waals surface area contributed by atoms with Gasteiger partial charge in [-0.15, -0.1) is 0 Å². The van der Waals surface area contributed by atoms with Gasteiger partial charge in [-0.25, -0.2) is 4.39 Å². The van der Waals surface area contributed by atoms with Crippen molar-refractivity contribution >= 4 is 0 Å². The number of nitriles is 2. The van der Waals surface area contributed by atoms with Crippen LogP contribution in [0.5, 0.6) is 0 Å². The van der Waals surface area contributed by atoms with Crippen molar-refractivity contribution in [3.05, 3.63) is 35.6 Å². The van der Waals surface area contributed by atoms with Gasteiger partial charge in [0.15, 0.2) is 5.92 Å². The van der Waals surface area contributed by atoms with E-state index in [1.54, 1.807) is 12.1 Å². The molecule has 1 atom stereocenters. The third-order valence-electron chi connectivity index (χ3n) is 1.82. The summed E-state index contributed by atoms with van der Waals surface area (Å²) < 4.78 is 13.1. The van der Waals surface area contributed by atoms with Crippen LogP contribution in [0.2, 0.25) is 0 Å². The van der Waals surface area contributed by atoms with Gasteiger partial charge < -0.3 is 5.11 Å². The monoisotopic (exact) mass is 190 g/mol. The van der Waals surface area contributed by atoms with E-state index in [9.17, 15) is 9.50 Å². The lowest BCUT2D eigenvalue weighted by Crippen LogP contribution is -2.10. The lowest BCUT2D eigenvalue weighted by molar-refractivity contribution is 0.152. The summed E-state index contributed by atoms with van der Waals surface area (Å²) in [6, 6.07) is 8.73. The Morgan fingerprint density at radius 1 is 1.21 bits per heavy atom. The highest BCUT2D eigenvalue weighted by molar-refractivity contribution is 5.24. The molecule has 3 nitrogen and oxygen atoms in total. The van der Waals surface area contributed by atoms with Crippen LogP contribution in [-0.2, 0) is 0 Å². The van der Waals surface area contributed by atoms with Crippen molar-refractivity contribution in [1.82, 2.24) is 0 Å². The SMILES string of the molecule is N#CC(C#N)C(O)c1ccccc1F. The van der Waals surface area contributed by atoms with Gasteiger partial charge in [-0.3, -0.25) is 0 Å². The van der Waals surface area contributed by atoms with Crippen LogP contribution in [0.1, 0.15) is 11.7 Å². The van der Waals surface area contributed by atoms with Gasteiger partial charge in [0.2, 0.25) is 0 Å². The van der Waals surface area contributed by atoms with Crippen LogP contribution < -0.4 is 0 Å². The molecule has 0 fully saturated rings. The Labute approximate surface area is 80.6 Å². The minimum absolute atomic E-state index is 0.0272. The van der Waals surface area contributed by atoms with Crippen LogP contribution in [-0.4, -0.2) is 5.11 Å². The predicted molar refractivity (Wildman–Crippen MR) is 46.1 cm³/mol. The zero-order valence-electron chi connectivity index (χ0n) is 7.18. The molecular formula is C10H7FN2O. The van der Waals surface area contributed by atoms with Crippen molar-refractivity contribution in [2.24, 2.45) is 5.92 Å². The Morgan fingerprint density at radius 3 is 2.29 bits per heavy atom. The number of aliphatic hydroxyl groups excluding tert-OH is 1.